The number of benzene rings is 2. The lowest BCUT2D eigenvalue weighted by atomic mass is 9.83. The van der Waals surface area contributed by atoms with E-state index in [9.17, 15) is 19.9 Å². The summed E-state index contributed by atoms with van der Waals surface area (Å²) in [6, 6.07) is 17.7. The molecule has 1 fully saturated rings. The molecule has 1 aliphatic carbocycles. The number of nitrogens with zero attached hydrogens (tertiary/aromatic N) is 1. The molecule has 0 bridgehead atoms. The highest BCUT2D eigenvalue weighted by Crippen LogP contribution is 2.35. The molecule has 4 N–H and O–H groups in total. The second-order valence-electron chi connectivity index (χ2n) is 8.90. The van der Waals surface area contributed by atoms with Crippen molar-refractivity contribution in [2.45, 2.75) is 57.4 Å². The first-order valence-corrected chi connectivity index (χ1v) is 11.6. The average molecular weight is 450 g/mol. The number of carbonyl (C=O) groups is 1. The minimum absolute atomic E-state index is 0.102. The second kappa shape index (κ2) is 10.5. The molecule has 3 aromatic rings. The molecule has 1 atom stereocenters. The predicted molar refractivity (Wildman–Crippen MR) is 125 cm³/mol. The molecule has 33 heavy (non-hydrogen) atoms. The Bertz CT molecular complexity index is 1110. The van der Waals surface area contributed by atoms with Crippen LogP contribution >= 0.6 is 0 Å². The maximum absolute atomic E-state index is 12.7. The number of hydrogen-bond donors (Lipinski definition) is 4. The number of rotatable bonds is 8. The van der Waals surface area contributed by atoms with E-state index in [2.05, 4.69) is 41.4 Å². The summed E-state index contributed by atoms with van der Waals surface area (Å²) in [5.41, 5.74) is 5.13. The summed E-state index contributed by atoms with van der Waals surface area (Å²) in [6.07, 6.45) is 6.52. The van der Waals surface area contributed by atoms with Gasteiger partial charge in [0.05, 0.1) is 5.69 Å². The normalized spacial score (nSPS) is 15.3. The van der Waals surface area contributed by atoms with Gasteiger partial charge in [-0.1, -0.05) is 73.9 Å². The Morgan fingerprint density at radius 3 is 2.27 bits per heavy atom. The number of carbonyl (C=O) groups excluding carboxylic acids is 1. The van der Waals surface area contributed by atoms with Gasteiger partial charge < -0.3 is 10.1 Å². The van der Waals surface area contributed by atoms with Crippen molar-refractivity contribution in [1.82, 2.24) is 15.0 Å². The van der Waals surface area contributed by atoms with E-state index in [0.717, 1.165) is 48.7 Å². The minimum atomic E-state index is -0.926. The molecule has 7 nitrogen and oxygen atoms in total. The highest BCUT2D eigenvalue weighted by Gasteiger charge is 2.34. The van der Waals surface area contributed by atoms with Crippen LogP contribution in [0.25, 0.3) is 0 Å². The van der Waals surface area contributed by atoms with Crippen LogP contribution in [0.15, 0.2) is 59.4 Å². The Balaban J connectivity index is 1.46. The summed E-state index contributed by atoms with van der Waals surface area (Å²) in [7, 11) is 0. The van der Waals surface area contributed by atoms with E-state index in [0.29, 0.717) is 18.5 Å². The zero-order chi connectivity index (χ0) is 23.2. The van der Waals surface area contributed by atoms with E-state index < -0.39 is 17.6 Å². The van der Waals surface area contributed by atoms with E-state index >= 15 is 0 Å². The first kappa shape index (κ1) is 22.9. The van der Waals surface area contributed by atoms with Crippen LogP contribution in [0.3, 0.4) is 0 Å². The smallest absolute Gasteiger partial charge is 0.329 e. The highest BCUT2D eigenvalue weighted by molar-refractivity contribution is 5.79. The Hall–Kier alpha value is -3.32. The number of aryl methyl sites for hydroxylation is 2. The molecule has 1 saturated carbocycles. The Morgan fingerprint density at radius 1 is 0.970 bits per heavy atom. The van der Waals surface area contributed by atoms with E-state index in [1.807, 2.05) is 18.2 Å². The number of aromatic hydroxyl groups is 1. The molecule has 0 spiro atoms. The third kappa shape index (κ3) is 5.37. The number of hydroxylamine groups is 1. The van der Waals surface area contributed by atoms with Gasteiger partial charge in [0.2, 0.25) is 5.88 Å². The number of aromatic nitrogens is 2. The van der Waals surface area contributed by atoms with Crippen molar-refractivity contribution >= 4 is 5.91 Å². The van der Waals surface area contributed by atoms with Gasteiger partial charge in [-0.05, 0) is 54.7 Å². The minimum Gasteiger partial charge on any atom is -0.493 e. The van der Waals surface area contributed by atoms with E-state index in [1.165, 1.54) is 11.1 Å². The number of aromatic amines is 1. The topological polar surface area (TPSA) is 107 Å². The molecule has 7 heteroatoms. The van der Waals surface area contributed by atoms with Gasteiger partial charge in [0.1, 0.15) is 6.04 Å². The van der Waals surface area contributed by atoms with Crippen molar-refractivity contribution < 1.29 is 15.1 Å². The van der Waals surface area contributed by atoms with Crippen molar-refractivity contribution in [2.24, 2.45) is 5.92 Å². The summed E-state index contributed by atoms with van der Waals surface area (Å²) in [4.78, 5) is 27.8. The maximum Gasteiger partial charge on any atom is 0.329 e. The van der Waals surface area contributed by atoms with Crippen LogP contribution in [-0.4, -0.2) is 25.8 Å². The van der Waals surface area contributed by atoms with Crippen LogP contribution in [0.1, 0.15) is 60.5 Å². The van der Waals surface area contributed by atoms with Gasteiger partial charge in [-0.2, -0.15) is 0 Å². The molecule has 1 aliphatic rings. The van der Waals surface area contributed by atoms with Crippen molar-refractivity contribution in [2.75, 3.05) is 0 Å². The van der Waals surface area contributed by atoms with Crippen molar-refractivity contribution in [3.8, 4) is 5.88 Å². The number of amides is 1. The summed E-state index contributed by atoms with van der Waals surface area (Å²) in [5, 5.41) is 20.1. The number of H-pyrrole nitrogens is 1. The monoisotopic (exact) mass is 449 g/mol. The molecule has 0 aliphatic heterocycles. The predicted octanol–water partition coefficient (Wildman–Crippen LogP) is 3.88. The molecule has 1 aromatic heterocycles. The quantitative estimate of drug-likeness (QED) is 0.309. The molecule has 1 heterocycles. The molecular formula is C26H31N3O4. The van der Waals surface area contributed by atoms with Gasteiger partial charge in [0, 0.05) is 0 Å². The lowest BCUT2D eigenvalue weighted by molar-refractivity contribution is -0.135. The van der Waals surface area contributed by atoms with Crippen LogP contribution in [0, 0.1) is 5.92 Å². The first-order chi connectivity index (χ1) is 16.1. The van der Waals surface area contributed by atoms with Crippen LogP contribution in [0.4, 0.5) is 0 Å². The summed E-state index contributed by atoms with van der Waals surface area (Å²) < 4.78 is 1.11. The SMILES string of the molecule is O=C(NO)C(C1CCCCC1)n1c(O)c(CCc2ccc(Cc3ccccc3)cc2)[nH]c1=O. The fourth-order valence-corrected chi connectivity index (χ4v) is 4.90. The zero-order valence-corrected chi connectivity index (χ0v) is 18.7. The van der Waals surface area contributed by atoms with Gasteiger partial charge in [0.15, 0.2) is 0 Å². The molecule has 1 amide bonds. The number of hydrogen-bond acceptors (Lipinski definition) is 4. The molecule has 0 saturated heterocycles. The summed E-state index contributed by atoms with van der Waals surface area (Å²) in [5.74, 6) is -0.992. The number of nitrogens with one attached hydrogen (secondary N) is 2. The van der Waals surface area contributed by atoms with Crippen LogP contribution in [0.5, 0.6) is 5.88 Å². The fraction of sp³-hybridized carbons (Fsp3) is 0.385. The lowest BCUT2D eigenvalue weighted by Gasteiger charge is -2.29. The van der Waals surface area contributed by atoms with Gasteiger partial charge in [-0.25, -0.2) is 10.3 Å². The van der Waals surface area contributed by atoms with E-state index in [4.69, 9.17) is 0 Å². The molecule has 1 unspecified atom stereocenters. The van der Waals surface area contributed by atoms with Crippen molar-refractivity contribution in [1.29, 1.82) is 0 Å². The lowest BCUT2D eigenvalue weighted by Crippen LogP contribution is -2.39. The van der Waals surface area contributed by atoms with Crippen molar-refractivity contribution in [3.63, 3.8) is 0 Å². The summed E-state index contributed by atoms with van der Waals surface area (Å²) in [6.45, 7) is 0. The van der Waals surface area contributed by atoms with E-state index in [1.54, 1.807) is 5.48 Å². The third-order valence-corrected chi connectivity index (χ3v) is 6.67. The van der Waals surface area contributed by atoms with Gasteiger partial charge in [-0.15, -0.1) is 0 Å². The molecule has 0 radical (unpaired) electrons. The number of imidazole rings is 1. The molecule has 174 valence electrons. The largest absolute Gasteiger partial charge is 0.493 e. The summed E-state index contributed by atoms with van der Waals surface area (Å²) >= 11 is 0. The molecule has 2 aromatic carbocycles. The van der Waals surface area contributed by atoms with Gasteiger partial charge in [0.25, 0.3) is 5.91 Å². The highest BCUT2D eigenvalue weighted by atomic mass is 16.5. The van der Waals surface area contributed by atoms with E-state index in [-0.39, 0.29) is 11.8 Å². The average Bonchev–Trinajstić information content (AvgIpc) is 3.13. The van der Waals surface area contributed by atoms with Crippen LogP contribution in [-0.2, 0) is 24.1 Å². The third-order valence-electron chi connectivity index (χ3n) is 6.67. The Labute approximate surface area is 193 Å². The van der Waals surface area contributed by atoms with Crippen molar-refractivity contribution in [3.05, 3.63) is 87.5 Å². The standard InChI is InChI=1S/C26H31N3O4/c30-24(28-33)23(21-9-5-2-6-10-21)29-25(31)22(27-26(29)32)16-15-18-11-13-20(14-12-18)17-19-7-3-1-4-8-19/h1,3-4,7-8,11-14,21,23,31,33H,2,5-6,9-10,15-17H2,(H,27,32)(H,28,30). The Morgan fingerprint density at radius 2 is 1.61 bits per heavy atom. The first-order valence-electron chi connectivity index (χ1n) is 11.6. The Kier molecular flexibility index (Phi) is 7.29. The van der Waals surface area contributed by atoms with Gasteiger partial charge >= 0.3 is 5.69 Å². The van der Waals surface area contributed by atoms with Gasteiger partial charge in [-0.3, -0.25) is 14.6 Å². The molecular weight excluding hydrogens is 418 g/mol. The second-order valence-corrected chi connectivity index (χ2v) is 8.90. The maximum atomic E-state index is 12.7. The zero-order valence-electron chi connectivity index (χ0n) is 18.7. The molecule has 4 rings (SSSR count). The fourth-order valence-electron chi connectivity index (χ4n) is 4.90. The van der Waals surface area contributed by atoms with Crippen LogP contribution < -0.4 is 11.2 Å². The van der Waals surface area contributed by atoms with Crippen LogP contribution in [0.2, 0.25) is 0 Å².